The second-order valence-electron chi connectivity index (χ2n) is 8.52. The third-order valence-electron chi connectivity index (χ3n) is 4.80. The van der Waals surface area contributed by atoms with Crippen molar-refractivity contribution in [3.8, 4) is 5.75 Å². The van der Waals surface area contributed by atoms with Gasteiger partial charge in [-0.3, -0.25) is 10.1 Å². The number of carbonyl (C=O) groups is 1. The van der Waals surface area contributed by atoms with Crippen LogP contribution in [0.5, 0.6) is 5.75 Å². The van der Waals surface area contributed by atoms with Crippen molar-refractivity contribution in [2.75, 3.05) is 30.6 Å². The fourth-order valence-electron chi connectivity index (χ4n) is 2.89. The zero-order valence-corrected chi connectivity index (χ0v) is 20.2. The van der Waals surface area contributed by atoms with Crippen molar-refractivity contribution >= 4 is 29.3 Å². The topological polar surface area (TPSA) is 80.2 Å². The molecule has 0 aliphatic rings. The molecule has 0 radical (unpaired) electrons. The third-order valence-corrected chi connectivity index (χ3v) is 5.35. The summed E-state index contributed by atoms with van der Waals surface area (Å²) in [6.45, 7) is 6.68. The van der Waals surface area contributed by atoms with Crippen LogP contribution < -0.4 is 15.0 Å². The molecule has 0 aliphatic heterocycles. The van der Waals surface area contributed by atoms with Gasteiger partial charge in [-0.25, -0.2) is 4.98 Å². The van der Waals surface area contributed by atoms with Crippen LogP contribution in [0.4, 0.5) is 11.6 Å². The normalized spacial score (nSPS) is 11.2. The molecule has 1 N–H and O–H groups in total. The molecule has 0 saturated heterocycles. The van der Waals surface area contributed by atoms with E-state index in [1.54, 1.807) is 12.1 Å². The number of thioether (sulfide) groups is 1. The number of hydrogen-bond donors (Lipinski definition) is 1. The summed E-state index contributed by atoms with van der Waals surface area (Å²) in [7, 11) is 3.90. The van der Waals surface area contributed by atoms with Gasteiger partial charge >= 0.3 is 0 Å². The number of aromatic nitrogens is 3. The van der Waals surface area contributed by atoms with Crippen molar-refractivity contribution in [3.63, 3.8) is 0 Å². The van der Waals surface area contributed by atoms with E-state index in [0.717, 1.165) is 11.4 Å². The first-order valence-corrected chi connectivity index (χ1v) is 11.5. The Morgan fingerprint density at radius 3 is 2.22 bits per heavy atom. The average molecular weight is 452 g/mol. The summed E-state index contributed by atoms with van der Waals surface area (Å²) in [6.07, 6.45) is 1.87. The van der Waals surface area contributed by atoms with Gasteiger partial charge in [0.1, 0.15) is 12.4 Å². The molecule has 1 heterocycles. The number of benzene rings is 2. The monoisotopic (exact) mass is 451 g/mol. The van der Waals surface area contributed by atoms with Crippen molar-refractivity contribution in [1.29, 1.82) is 0 Å². The Kier molecular flexibility index (Phi) is 7.35. The second-order valence-corrected chi connectivity index (χ2v) is 9.29. The molecule has 1 amide bonds. The van der Waals surface area contributed by atoms with Crippen LogP contribution in [0.2, 0.25) is 0 Å². The summed E-state index contributed by atoms with van der Waals surface area (Å²) >= 11 is 1.38. The number of carbonyl (C=O) groups excluding carboxylic acids is 1. The lowest BCUT2D eigenvalue weighted by atomic mass is 9.87. The van der Waals surface area contributed by atoms with Gasteiger partial charge in [0.25, 0.3) is 5.91 Å². The number of hydrogen-bond acceptors (Lipinski definition) is 7. The van der Waals surface area contributed by atoms with E-state index >= 15 is 0 Å². The zero-order valence-electron chi connectivity index (χ0n) is 19.3. The molecule has 0 fully saturated rings. The summed E-state index contributed by atoms with van der Waals surface area (Å²) in [4.78, 5) is 27.7. The summed E-state index contributed by atoms with van der Waals surface area (Å²) < 4.78 is 5.86. The first kappa shape index (κ1) is 23.5. The van der Waals surface area contributed by atoms with E-state index < -0.39 is 0 Å². The molecule has 1 aromatic heterocycles. The van der Waals surface area contributed by atoms with Gasteiger partial charge in [-0.15, -0.1) is 0 Å². The summed E-state index contributed by atoms with van der Waals surface area (Å²) in [5.41, 5.74) is 2.86. The van der Waals surface area contributed by atoms with Crippen LogP contribution in [0, 0.1) is 0 Å². The van der Waals surface area contributed by atoms with E-state index in [0.29, 0.717) is 16.5 Å². The van der Waals surface area contributed by atoms with Gasteiger partial charge in [0.05, 0.1) is 0 Å². The first-order chi connectivity index (χ1) is 15.2. The fraction of sp³-hybridized carbons (Fsp3) is 0.333. The predicted octanol–water partition coefficient (Wildman–Crippen LogP) is 4.79. The Morgan fingerprint density at radius 1 is 1.00 bits per heavy atom. The van der Waals surface area contributed by atoms with Gasteiger partial charge < -0.3 is 9.64 Å². The molecule has 168 valence electrons. The predicted molar refractivity (Wildman–Crippen MR) is 130 cm³/mol. The molecule has 8 heteroatoms. The molecule has 3 rings (SSSR count). The Hall–Kier alpha value is -3.13. The number of rotatable bonds is 7. The maximum Gasteiger partial charge on any atom is 0.258 e. The summed E-state index contributed by atoms with van der Waals surface area (Å²) in [5, 5.41) is 3.27. The molecule has 0 saturated carbocycles. The quantitative estimate of drug-likeness (QED) is 0.517. The van der Waals surface area contributed by atoms with E-state index in [2.05, 4.69) is 53.2 Å². The van der Waals surface area contributed by atoms with Crippen LogP contribution in [0.15, 0.2) is 53.7 Å². The molecule has 2 aromatic carbocycles. The van der Waals surface area contributed by atoms with Crippen molar-refractivity contribution in [1.82, 2.24) is 15.0 Å². The summed E-state index contributed by atoms with van der Waals surface area (Å²) in [6, 6.07) is 15.3. The van der Waals surface area contributed by atoms with E-state index in [-0.39, 0.29) is 23.9 Å². The zero-order chi connectivity index (χ0) is 23.3. The molecule has 0 atom stereocenters. The minimum Gasteiger partial charge on any atom is -0.486 e. The average Bonchev–Trinajstić information content (AvgIpc) is 2.77. The molecule has 3 aromatic rings. The lowest BCUT2D eigenvalue weighted by Crippen LogP contribution is -2.17. The number of nitrogens with one attached hydrogen (secondary N) is 1. The lowest BCUT2D eigenvalue weighted by molar-refractivity contribution is 0.102. The van der Waals surface area contributed by atoms with Gasteiger partial charge in [-0.1, -0.05) is 44.7 Å². The van der Waals surface area contributed by atoms with Crippen molar-refractivity contribution in [3.05, 3.63) is 65.5 Å². The van der Waals surface area contributed by atoms with Crippen LogP contribution in [0.3, 0.4) is 0 Å². The first-order valence-electron chi connectivity index (χ1n) is 10.3. The smallest absolute Gasteiger partial charge is 0.258 e. The van der Waals surface area contributed by atoms with Gasteiger partial charge in [0.15, 0.2) is 11.0 Å². The maximum atomic E-state index is 12.6. The highest BCUT2D eigenvalue weighted by Gasteiger charge is 2.14. The largest absolute Gasteiger partial charge is 0.486 e. The molecule has 0 aliphatic carbocycles. The molecule has 0 bridgehead atoms. The van der Waals surface area contributed by atoms with Gasteiger partial charge in [-0.2, -0.15) is 9.97 Å². The van der Waals surface area contributed by atoms with E-state index in [1.165, 1.54) is 17.3 Å². The van der Waals surface area contributed by atoms with E-state index in [1.807, 2.05) is 49.5 Å². The number of ether oxygens (including phenoxy) is 1. The Balaban J connectivity index is 1.70. The standard InChI is InChI=1S/C24H29N5O2S/c1-24(2,3)17-9-13-19(14-10-17)31-15-20-25-22(28-23(26-20)32-6)27-21(30)16-7-11-18(12-8-16)29(4)5/h7-14H,15H2,1-6H3,(H,25,26,27,28,30). The lowest BCUT2D eigenvalue weighted by Gasteiger charge is -2.19. The molecular formula is C24H29N5O2S. The molecule has 0 spiro atoms. The van der Waals surface area contributed by atoms with E-state index in [4.69, 9.17) is 4.74 Å². The Morgan fingerprint density at radius 2 is 1.66 bits per heavy atom. The molecular weight excluding hydrogens is 422 g/mol. The maximum absolute atomic E-state index is 12.6. The van der Waals surface area contributed by atoms with Crippen LogP contribution in [0.1, 0.15) is 42.5 Å². The highest BCUT2D eigenvalue weighted by molar-refractivity contribution is 7.98. The van der Waals surface area contributed by atoms with Gasteiger partial charge in [0.2, 0.25) is 5.95 Å². The highest BCUT2D eigenvalue weighted by Crippen LogP contribution is 2.24. The SMILES string of the molecule is CSc1nc(COc2ccc(C(C)(C)C)cc2)nc(NC(=O)c2ccc(N(C)C)cc2)n1. The number of nitrogens with zero attached hydrogens (tertiary/aromatic N) is 4. The van der Waals surface area contributed by atoms with Crippen LogP contribution in [-0.4, -0.2) is 41.2 Å². The minimum absolute atomic E-state index is 0.0832. The van der Waals surface area contributed by atoms with Crippen LogP contribution >= 0.6 is 11.8 Å². The van der Waals surface area contributed by atoms with Gasteiger partial charge in [-0.05, 0) is 53.6 Å². The molecule has 0 unspecified atom stereocenters. The second kappa shape index (κ2) is 9.99. The van der Waals surface area contributed by atoms with Crippen molar-refractivity contribution < 1.29 is 9.53 Å². The van der Waals surface area contributed by atoms with Crippen LogP contribution in [-0.2, 0) is 12.0 Å². The van der Waals surface area contributed by atoms with Gasteiger partial charge in [0, 0.05) is 25.3 Å². The number of amides is 1. The molecule has 7 nitrogen and oxygen atoms in total. The minimum atomic E-state index is -0.279. The molecule has 32 heavy (non-hydrogen) atoms. The fourth-order valence-corrected chi connectivity index (χ4v) is 3.27. The highest BCUT2D eigenvalue weighted by atomic mass is 32.2. The van der Waals surface area contributed by atoms with E-state index in [9.17, 15) is 4.79 Å². The number of anilines is 2. The van der Waals surface area contributed by atoms with Crippen molar-refractivity contribution in [2.45, 2.75) is 37.9 Å². The van der Waals surface area contributed by atoms with Crippen LogP contribution in [0.25, 0.3) is 0 Å². The summed E-state index contributed by atoms with van der Waals surface area (Å²) in [5.74, 6) is 1.10. The third kappa shape index (κ3) is 6.20. The van der Waals surface area contributed by atoms with Crippen molar-refractivity contribution in [2.24, 2.45) is 0 Å². The Labute approximate surface area is 193 Å². The Bertz CT molecular complexity index is 1060.